The zero-order valence-corrected chi connectivity index (χ0v) is 10.4. The third-order valence-corrected chi connectivity index (χ3v) is 2.90. The summed E-state index contributed by atoms with van der Waals surface area (Å²) in [4.78, 5) is 11.9. The lowest BCUT2D eigenvalue weighted by Crippen LogP contribution is -2.24. The van der Waals surface area contributed by atoms with Gasteiger partial charge in [-0.1, -0.05) is 0 Å². The van der Waals surface area contributed by atoms with Crippen LogP contribution in [-0.4, -0.2) is 22.7 Å². The third-order valence-electron chi connectivity index (χ3n) is 2.90. The van der Waals surface area contributed by atoms with E-state index in [0.29, 0.717) is 31.9 Å². The van der Waals surface area contributed by atoms with Crippen LogP contribution in [0.1, 0.15) is 17.0 Å². The van der Waals surface area contributed by atoms with Crippen LogP contribution in [0.5, 0.6) is 0 Å². The smallest absolute Gasteiger partial charge is 0.286 e. The summed E-state index contributed by atoms with van der Waals surface area (Å²) in [5.74, 6) is 0. The van der Waals surface area contributed by atoms with Crippen molar-refractivity contribution in [2.24, 2.45) is 0 Å². The fourth-order valence-electron chi connectivity index (χ4n) is 1.82. The fourth-order valence-corrected chi connectivity index (χ4v) is 1.82. The molecule has 0 aliphatic carbocycles. The van der Waals surface area contributed by atoms with E-state index in [1.165, 1.54) is 19.3 Å². The molecule has 0 saturated heterocycles. The van der Waals surface area contributed by atoms with Crippen LogP contribution < -0.4 is 4.43 Å². The van der Waals surface area contributed by atoms with Gasteiger partial charge in [0.15, 0.2) is 6.21 Å². The van der Waals surface area contributed by atoms with Gasteiger partial charge in [0.25, 0.3) is 11.2 Å². The molecule has 2 aromatic rings. The first kappa shape index (κ1) is 12.1. The molecule has 6 heteroatoms. The first-order valence-electron chi connectivity index (χ1n) is 5.42. The molecule has 1 heterocycles. The fraction of sp³-hybridized carbons (Fsp3) is 0.250. The Morgan fingerprint density at radius 3 is 2.67 bits per heavy atom. The van der Waals surface area contributed by atoms with Crippen molar-refractivity contribution in [3.63, 3.8) is 0 Å². The molecule has 0 saturated carbocycles. The molecule has 6 nitrogen and oxygen atoms in total. The molecule has 0 spiro atoms. The number of hydroxylamine groups is 1. The molecule has 0 fully saturated rings. The number of hydrogen-bond donors (Lipinski definition) is 0. The molecule has 1 aromatic carbocycles. The van der Waals surface area contributed by atoms with E-state index in [1.54, 1.807) is 26.0 Å². The molecule has 0 aliphatic rings. The van der Waals surface area contributed by atoms with E-state index in [9.17, 15) is 15.3 Å². The van der Waals surface area contributed by atoms with Crippen molar-refractivity contribution in [1.29, 1.82) is 0 Å². The van der Waals surface area contributed by atoms with Crippen LogP contribution in [0, 0.1) is 29.2 Å². The molecule has 94 valence electrons. The predicted molar refractivity (Wildman–Crippen MR) is 68.3 cm³/mol. The normalized spacial score (nSPS) is 12.1. The Labute approximate surface area is 103 Å². The quantitative estimate of drug-likeness (QED) is 0.327. The number of rotatable bonds is 1. The van der Waals surface area contributed by atoms with Gasteiger partial charge in [0, 0.05) is 23.5 Å². The predicted octanol–water partition coefficient (Wildman–Crippen LogP) is 1.08. The van der Waals surface area contributed by atoms with E-state index in [4.69, 9.17) is 0 Å². The van der Waals surface area contributed by atoms with Crippen molar-refractivity contribution in [2.45, 2.75) is 13.8 Å². The van der Waals surface area contributed by atoms with Gasteiger partial charge < -0.3 is 15.1 Å². The SMILES string of the molecule is Cc1c(C)[n+](=O)c2ccc(C=[N+](C)[O-])cc2n1[O-]. The highest BCUT2D eigenvalue weighted by atomic mass is 16.5. The van der Waals surface area contributed by atoms with Crippen molar-refractivity contribution >= 4 is 17.2 Å². The van der Waals surface area contributed by atoms with Gasteiger partial charge >= 0.3 is 0 Å². The molecule has 1 aromatic heterocycles. The van der Waals surface area contributed by atoms with Crippen molar-refractivity contribution in [2.75, 3.05) is 7.05 Å². The lowest BCUT2D eigenvalue weighted by atomic mass is 10.2. The van der Waals surface area contributed by atoms with E-state index < -0.39 is 0 Å². The Morgan fingerprint density at radius 2 is 2.06 bits per heavy atom. The molecular weight excluding hydrogens is 234 g/mol. The van der Waals surface area contributed by atoms with Crippen LogP contribution in [0.15, 0.2) is 18.2 Å². The van der Waals surface area contributed by atoms with Gasteiger partial charge in [0.1, 0.15) is 12.6 Å². The second kappa shape index (κ2) is 4.14. The van der Waals surface area contributed by atoms with Crippen molar-refractivity contribution in [3.8, 4) is 0 Å². The summed E-state index contributed by atoms with van der Waals surface area (Å²) in [6.07, 6.45) is 1.34. The number of benzene rings is 1. The van der Waals surface area contributed by atoms with Crippen molar-refractivity contribution in [1.82, 2.24) is 4.73 Å². The summed E-state index contributed by atoms with van der Waals surface area (Å²) in [5.41, 5.74) is 1.84. The summed E-state index contributed by atoms with van der Waals surface area (Å²) in [6.45, 7) is 3.19. The summed E-state index contributed by atoms with van der Waals surface area (Å²) in [6, 6.07) is 4.69. The van der Waals surface area contributed by atoms with Gasteiger partial charge in [0.05, 0.1) is 10.1 Å². The van der Waals surface area contributed by atoms with E-state index in [0.717, 1.165) is 4.43 Å². The van der Waals surface area contributed by atoms with Gasteiger partial charge in [-0.05, 0) is 19.1 Å². The Balaban J connectivity index is 2.86. The molecule has 0 amide bonds. The third kappa shape index (κ3) is 1.81. The first-order chi connectivity index (χ1) is 8.41. The zero-order valence-electron chi connectivity index (χ0n) is 10.4. The topological polar surface area (TPSA) is 77.0 Å². The van der Waals surface area contributed by atoms with E-state index in [2.05, 4.69) is 0 Å². The minimum Gasteiger partial charge on any atom is -0.805 e. The second-order valence-corrected chi connectivity index (χ2v) is 4.18. The second-order valence-electron chi connectivity index (χ2n) is 4.18. The van der Waals surface area contributed by atoms with Gasteiger partial charge in [-0.2, -0.15) is 0 Å². The van der Waals surface area contributed by atoms with Gasteiger partial charge in [-0.3, -0.25) is 0 Å². The van der Waals surface area contributed by atoms with Crippen LogP contribution in [-0.2, 0) is 0 Å². The van der Waals surface area contributed by atoms with Crippen LogP contribution in [0.25, 0.3) is 11.0 Å². The molecule has 0 aliphatic heterocycles. The summed E-state index contributed by atoms with van der Waals surface area (Å²) in [7, 11) is 1.35. The Bertz CT molecular complexity index is 713. The molecule has 0 bridgehead atoms. The molecule has 2 rings (SSSR count). The summed E-state index contributed by atoms with van der Waals surface area (Å²) in [5, 5.41) is 22.9. The van der Waals surface area contributed by atoms with Gasteiger partial charge in [0.2, 0.25) is 0 Å². The van der Waals surface area contributed by atoms with Crippen molar-refractivity contribution in [3.05, 3.63) is 50.5 Å². The van der Waals surface area contributed by atoms with Crippen LogP contribution in [0.4, 0.5) is 0 Å². The molecule has 0 atom stereocenters. The molecule has 0 radical (unpaired) electrons. The standard InChI is InChI=1S/C12H13N3O3/c1-8-9(2)15(18)12-6-10(7-13(3)16)4-5-11(12)14(8)17/h4-7H,1-3H3. The maximum Gasteiger partial charge on any atom is 0.286 e. The zero-order chi connectivity index (χ0) is 13.4. The Morgan fingerprint density at radius 1 is 1.39 bits per heavy atom. The lowest BCUT2D eigenvalue weighted by Gasteiger charge is -2.15. The van der Waals surface area contributed by atoms with Crippen molar-refractivity contribution < 1.29 is 9.17 Å². The maximum atomic E-state index is 12.0. The number of nitrogens with zero attached hydrogens (tertiary/aromatic N) is 3. The highest BCUT2D eigenvalue weighted by Gasteiger charge is 2.15. The highest BCUT2D eigenvalue weighted by Crippen LogP contribution is 2.14. The number of hydrogen-bond acceptors (Lipinski definition) is 3. The first-order valence-corrected chi connectivity index (χ1v) is 5.42. The summed E-state index contributed by atoms with van der Waals surface area (Å²) >= 11 is 0. The largest absolute Gasteiger partial charge is 0.805 e. The average molecular weight is 247 g/mol. The van der Waals surface area contributed by atoms with Crippen LogP contribution in [0.2, 0.25) is 0 Å². The minimum absolute atomic E-state index is 0.253. The molecule has 18 heavy (non-hydrogen) atoms. The van der Waals surface area contributed by atoms with Gasteiger partial charge in [-0.15, -0.1) is 0 Å². The molecule has 0 unspecified atom stereocenters. The molecular formula is C12H13N3O3. The van der Waals surface area contributed by atoms with E-state index in [1.807, 2.05) is 0 Å². The van der Waals surface area contributed by atoms with Crippen LogP contribution in [0.3, 0.4) is 0 Å². The minimum atomic E-state index is 0.253. The van der Waals surface area contributed by atoms with E-state index >= 15 is 0 Å². The Hall–Kier alpha value is -2.37. The lowest BCUT2D eigenvalue weighted by molar-refractivity contribution is -0.473. The highest BCUT2D eigenvalue weighted by molar-refractivity contribution is 5.84. The van der Waals surface area contributed by atoms with E-state index in [-0.39, 0.29) is 5.52 Å². The number of fused-ring (bicyclic) bond motifs is 1. The van der Waals surface area contributed by atoms with Gasteiger partial charge in [-0.25, -0.2) is 4.74 Å². The average Bonchev–Trinajstić information content (AvgIpc) is 2.33. The Kier molecular flexibility index (Phi) is 2.78. The maximum absolute atomic E-state index is 12.0. The van der Waals surface area contributed by atoms with Crippen LogP contribution >= 0.6 is 0 Å². The molecule has 0 N–H and O–H groups in total. The monoisotopic (exact) mass is 247 g/mol. The summed E-state index contributed by atoms with van der Waals surface area (Å²) < 4.78 is 2.08. The number of aromatic nitrogens is 2.